The Kier molecular flexibility index (Phi) is 5.84. The number of nitrogens with two attached hydrogens (primary N) is 1. The van der Waals surface area contributed by atoms with E-state index in [4.69, 9.17) is 38.4 Å². The molecular formula is C16H13Cl2NO4. The number of carbonyl (C=O) groups is 2. The Morgan fingerprint density at radius 1 is 1.00 bits per heavy atom. The van der Waals surface area contributed by atoms with E-state index in [2.05, 4.69) is 0 Å². The summed E-state index contributed by atoms with van der Waals surface area (Å²) in [5, 5.41) is 0.837. The van der Waals surface area contributed by atoms with Crippen molar-refractivity contribution in [3.05, 3.63) is 63.6 Å². The van der Waals surface area contributed by atoms with Crippen LogP contribution in [0.2, 0.25) is 10.0 Å². The number of amides is 1. The molecule has 0 radical (unpaired) electrons. The number of primary amides is 1. The topological polar surface area (TPSA) is 78.6 Å². The van der Waals surface area contributed by atoms with Gasteiger partial charge in [-0.1, -0.05) is 29.3 Å². The molecule has 120 valence electrons. The number of hydrogen-bond donors (Lipinski definition) is 1. The maximum atomic E-state index is 12.0. The van der Waals surface area contributed by atoms with E-state index >= 15 is 0 Å². The van der Waals surface area contributed by atoms with Crippen LogP contribution >= 0.6 is 23.2 Å². The average Bonchev–Trinajstić information content (AvgIpc) is 2.54. The molecule has 0 spiro atoms. The van der Waals surface area contributed by atoms with Crippen LogP contribution < -0.4 is 10.5 Å². The van der Waals surface area contributed by atoms with Crippen LogP contribution in [-0.2, 0) is 16.1 Å². The molecule has 2 N–H and O–H groups in total. The molecule has 1 amide bonds. The fraction of sp³-hybridized carbons (Fsp3) is 0.125. The molecule has 0 aromatic heterocycles. The van der Waals surface area contributed by atoms with Crippen molar-refractivity contribution in [3.8, 4) is 5.75 Å². The number of esters is 1. The minimum Gasteiger partial charge on any atom is -0.484 e. The van der Waals surface area contributed by atoms with Gasteiger partial charge in [-0.3, -0.25) is 4.79 Å². The standard InChI is InChI=1S/C16H13Cl2NO4/c17-13-6-1-10(7-14(13)18)8-23-16(21)11-2-4-12(5-3-11)22-9-15(19)20/h1-7H,8-9H2,(H2,19,20). The molecule has 23 heavy (non-hydrogen) atoms. The van der Waals surface area contributed by atoms with Crippen molar-refractivity contribution in [2.75, 3.05) is 6.61 Å². The summed E-state index contributed by atoms with van der Waals surface area (Å²) in [4.78, 5) is 22.6. The van der Waals surface area contributed by atoms with Crippen LogP contribution in [0.25, 0.3) is 0 Å². The lowest BCUT2D eigenvalue weighted by Gasteiger charge is -2.07. The van der Waals surface area contributed by atoms with E-state index in [1.165, 1.54) is 12.1 Å². The zero-order valence-corrected chi connectivity index (χ0v) is 13.4. The van der Waals surface area contributed by atoms with Crippen LogP contribution in [0.4, 0.5) is 0 Å². The van der Waals surface area contributed by atoms with Gasteiger partial charge in [-0.2, -0.15) is 0 Å². The molecule has 2 rings (SSSR count). The molecule has 7 heteroatoms. The molecule has 0 aliphatic heterocycles. The second-order valence-corrected chi connectivity index (χ2v) is 5.42. The van der Waals surface area contributed by atoms with Crippen molar-refractivity contribution in [3.63, 3.8) is 0 Å². The van der Waals surface area contributed by atoms with Gasteiger partial charge in [0.15, 0.2) is 6.61 Å². The molecule has 0 heterocycles. The van der Waals surface area contributed by atoms with Gasteiger partial charge in [0.05, 0.1) is 15.6 Å². The maximum absolute atomic E-state index is 12.0. The van der Waals surface area contributed by atoms with Crippen LogP contribution in [0.3, 0.4) is 0 Å². The molecule has 0 atom stereocenters. The molecule has 2 aromatic rings. The zero-order valence-electron chi connectivity index (χ0n) is 11.9. The van der Waals surface area contributed by atoms with Crippen molar-refractivity contribution in [1.29, 1.82) is 0 Å². The first-order chi connectivity index (χ1) is 11.0. The van der Waals surface area contributed by atoms with Crippen molar-refractivity contribution >= 4 is 35.1 Å². The molecule has 0 unspecified atom stereocenters. The Morgan fingerprint density at radius 3 is 2.30 bits per heavy atom. The minimum absolute atomic E-state index is 0.0790. The SMILES string of the molecule is NC(=O)COc1ccc(C(=O)OCc2ccc(Cl)c(Cl)c2)cc1. The summed E-state index contributed by atoms with van der Waals surface area (Å²) >= 11 is 11.7. The summed E-state index contributed by atoms with van der Waals surface area (Å²) in [7, 11) is 0. The molecule has 0 bridgehead atoms. The molecule has 0 saturated carbocycles. The Hall–Kier alpha value is -2.24. The summed E-state index contributed by atoms with van der Waals surface area (Å²) in [6.07, 6.45) is 0. The first-order valence-corrected chi connectivity index (χ1v) is 7.33. The number of rotatable bonds is 6. The third-order valence-corrected chi connectivity index (χ3v) is 3.56. The third-order valence-electron chi connectivity index (χ3n) is 2.83. The maximum Gasteiger partial charge on any atom is 0.338 e. The van der Waals surface area contributed by atoms with Crippen molar-refractivity contribution < 1.29 is 19.1 Å². The summed E-state index contributed by atoms with van der Waals surface area (Å²) in [6.45, 7) is -0.142. The Bertz CT molecular complexity index is 717. The highest BCUT2D eigenvalue weighted by Gasteiger charge is 2.09. The van der Waals surface area contributed by atoms with Gasteiger partial charge in [0.2, 0.25) is 0 Å². The van der Waals surface area contributed by atoms with Crippen LogP contribution in [0.15, 0.2) is 42.5 Å². The number of ether oxygens (including phenoxy) is 2. The Labute approximate surface area is 142 Å². The molecule has 0 fully saturated rings. The van der Waals surface area contributed by atoms with E-state index in [0.29, 0.717) is 21.4 Å². The summed E-state index contributed by atoms with van der Waals surface area (Å²) < 4.78 is 10.3. The van der Waals surface area contributed by atoms with Crippen LogP contribution in [0.5, 0.6) is 5.75 Å². The normalized spacial score (nSPS) is 10.2. The first kappa shape index (κ1) is 17.1. The fourth-order valence-electron chi connectivity index (χ4n) is 1.70. The highest BCUT2D eigenvalue weighted by Crippen LogP contribution is 2.23. The monoisotopic (exact) mass is 353 g/mol. The average molecular weight is 354 g/mol. The Morgan fingerprint density at radius 2 is 1.70 bits per heavy atom. The van der Waals surface area contributed by atoms with Crippen molar-refractivity contribution in [1.82, 2.24) is 0 Å². The number of hydrogen-bond acceptors (Lipinski definition) is 4. The van der Waals surface area contributed by atoms with Crippen molar-refractivity contribution in [2.24, 2.45) is 5.73 Å². The predicted molar refractivity (Wildman–Crippen MR) is 86.7 cm³/mol. The van der Waals surface area contributed by atoms with Gasteiger partial charge in [0.1, 0.15) is 12.4 Å². The molecule has 5 nitrogen and oxygen atoms in total. The highest BCUT2D eigenvalue weighted by molar-refractivity contribution is 6.42. The zero-order chi connectivity index (χ0) is 16.8. The second kappa shape index (κ2) is 7.85. The molecule has 2 aromatic carbocycles. The Balaban J connectivity index is 1.92. The van der Waals surface area contributed by atoms with Crippen LogP contribution in [-0.4, -0.2) is 18.5 Å². The summed E-state index contributed by atoms with van der Waals surface area (Å²) in [5.41, 5.74) is 6.07. The van der Waals surface area contributed by atoms with Crippen LogP contribution in [0.1, 0.15) is 15.9 Å². The van der Waals surface area contributed by atoms with Gasteiger partial charge in [0.25, 0.3) is 5.91 Å². The quantitative estimate of drug-likeness (QED) is 0.808. The van der Waals surface area contributed by atoms with E-state index in [0.717, 1.165) is 5.56 Å². The molecule has 0 aliphatic carbocycles. The van der Waals surface area contributed by atoms with E-state index in [9.17, 15) is 9.59 Å². The third kappa shape index (κ3) is 5.16. The molecule has 0 aliphatic rings. The lowest BCUT2D eigenvalue weighted by molar-refractivity contribution is -0.119. The van der Waals surface area contributed by atoms with Gasteiger partial charge >= 0.3 is 5.97 Å². The van der Waals surface area contributed by atoms with Gasteiger partial charge in [-0.25, -0.2) is 4.79 Å². The van der Waals surface area contributed by atoms with Gasteiger partial charge in [-0.15, -0.1) is 0 Å². The highest BCUT2D eigenvalue weighted by atomic mass is 35.5. The van der Waals surface area contributed by atoms with Gasteiger partial charge in [-0.05, 0) is 42.0 Å². The number of benzene rings is 2. The van der Waals surface area contributed by atoms with E-state index in [1.807, 2.05) is 0 Å². The van der Waals surface area contributed by atoms with Crippen molar-refractivity contribution in [2.45, 2.75) is 6.61 Å². The smallest absolute Gasteiger partial charge is 0.338 e. The van der Waals surface area contributed by atoms with E-state index < -0.39 is 11.9 Å². The second-order valence-electron chi connectivity index (χ2n) is 4.60. The van der Waals surface area contributed by atoms with Gasteiger partial charge < -0.3 is 15.2 Å². The lowest BCUT2D eigenvalue weighted by atomic mass is 10.2. The van der Waals surface area contributed by atoms with Crippen LogP contribution in [0, 0.1) is 0 Å². The predicted octanol–water partition coefficient (Wildman–Crippen LogP) is 3.21. The number of halogens is 2. The van der Waals surface area contributed by atoms with E-state index in [1.54, 1.807) is 30.3 Å². The van der Waals surface area contributed by atoms with E-state index in [-0.39, 0.29) is 13.2 Å². The number of carbonyl (C=O) groups excluding carboxylic acids is 2. The largest absolute Gasteiger partial charge is 0.484 e. The summed E-state index contributed by atoms with van der Waals surface area (Å²) in [5.74, 6) is -0.627. The molecular weight excluding hydrogens is 341 g/mol. The fourth-order valence-corrected chi connectivity index (χ4v) is 2.02. The lowest BCUT2D eigenvalue weighted by Crippen LogP contribution is -2.20. The van der Waals surface area contributed by atoms with Gasteiger partial charge in [0, 0.05) is 0 Å². The minimum atomic E-state index is -0.574. The molecule has 0 saturated heterocycles. The summed E-state index contributed by atoms with van der Waals surface area (Å²) in [6, 6.07) is 11.2. The first-order valence-electron chi connectivity index (χ1n) is 6.58.